The normalized spacial score (nSPS) is 20.4. The number of carbonyl (C=O) groups is 1. The Bertz CT molecular complexity index is 555. The summed E-state index contributed by atoms with van der Waals surface area (Å²) < 4.78 is 28.6. The van der Waals surface area contributed by atoms with Gasteiger partial charge in [0, 0.05) is 18.3 Å². The van der Waals surface area contributed by atoms with Crippen LogP contribution in [-0.4, -0.2) is 23.7 Å². The number of hydrogen-bond donors (Lipinski definition) is 2. The molecular weight excluding hydrogens is 292 g/mol. The number of ether oxygens (including phenoxy) is 1. The molecule has 3 rings (SSSR count). The minimum Gasteiger partial charge on any atom is -0.417 e. The number of halogens is 2. The van der Waals surface area contributed by atoms with Crippen LogP contribution in [0.25, 0.3) is 0 Å². The molecule has 5 nitrogen and oxygen atoms in total. The van der Waals surface area contributed by atoms with Crippen molar-refractivity contribution in [3.8, 4) is 5.88 Å². The van der Waals surface area contributed by atoms with Crippen molar-refractivity contribution in [3.63, 3.8) is 0 Å². The topological polar surface area (TPSA) is 63.2 Å². The van der Waals surface area contributed by atoms with E-state index in [1.807, 2.05) is 0 Å². The molecule has 0 aromatic carbocycles. The van der Waals surface area contributed by atoms with E-state index in [-0.39, 0.29) is 24.0 Å². The highest BCUT2D eigenvalue weighted by Crippen LogP contribution is 2.60. The van der Waals surface area contributed by atoms with Gasteiger partial charge in [-0.3, -0.25) is 0 Å². The molecule has 2 N–H and O–H groups in total. The van der Waals surface area contributed by atoms with Gasteiger partial charge < -0.3 is 15.4 Å². The molecule has 1 heterocycles. The van der Waals surface area contributed by atoms with E-state index in [2.05, 4.69) is 20.4 Å². The highest BCUT2D eigenvalue weighted by Gasteiger charge is 2.53. The van der Waals surface area contributed by atoms with Crippen molar-refractivity contribution in [2.24, 2.45) is 5.41 Å². The summed E-state index contributed by atoms with van der Waals surface area (Å²) in [6.07, 6.45) is 6.08. The second kappa shape index (κ2) is 5.70. The predicted octanol–water partition coefficient (Wildman–Crippen LogP) is 2.99. The summed E-state index contributed by atoms with van der Waals surface area (Å²) in [7, 11) is 0. The van der Waals surface area contributed by atoms with Gasteiger partial charge in [-0.25, -0.2) is 9.78 Å². The standard InChI is InChI=1S/C15H19F2N3O2/c1-9(10-2-5-18-12(6-10)22-13(16)17)19-14(21)20-11-7-15(8-11)3-4-15/h2,5-6,9,11,13H,3-4,7-8H2,1H3,(H2,19,20,21)/t9-/m1/s1. The number of nitrogens with zero attached hydrogens (tertiary/aromatic N) is 1. The van der Waals surface area contributed by atoms with Gasteiger partial charge in [-0.05, 0) is 49.7 Å². The van der Waals surface area contributed by atoms with E-state index in [1.165, 1.54) is 25.1 Å². The molecule has 1 atom stereocenters. The molecule has 0 aliphatic heterocycles. The van der Waals surface area contributed by atoms with Crippen LogP contribution in [0.4, 0.5) is 13.6 Å². The quantitative estimate of drug-likeness (QED) is 0.878. The molecule has 0 radical (unpaired) electrons. The molecule has 1 aromatic heterocycles. The minimum atomic E-state index is -2.91. The van der Waals surface area contributed by atoms with Crippen LogP contribution in [-0.2, 0) is 0 Å². The summed E-state index contributed by atoms with van der Waals surface area (Å²) in [4.78, 5) is 15.6. The number of rotatable bonds is 5. The Morgan fingerprint density at radius 2 is 2.18 bits per heavy atom. The first-order valence-electron chi connectivity index (χ1n) is 7.44. The molecule has 22 heavy (non-hydrogen) atoms. The van der Waals surface area contributed by atoms with Gasteiger partial charge in [0.15, 0.2) is 0 Å². The van der Waals surface area contributed by atoms with Crippen LogP contribution >= 0.6 is 0 Å². The maximum Gasteiger partial charge on any atom is 0.388 e. The Labute approximate surface area is 127 Å². The monoisotopic (exact) mass is 311 g/mol. The van der Waals surface area contributed by atoms with E-state index in [0.29, 0.717) is 11.0 Å². The molecule has 0 bridgehead atoms. The molecule has 120 valence electrons. The van der Waals surface area contributed by atoms with E-state index in [1.54, 1.807) is 13.0 Å². The summed E-state index contributed by atoms with van der Waals surface area (Å²) in [6, 6.07) is 2.76. The second-order valence-electron chi connectivity index (χ2n) is 6.25. The largest absolute Gasteiger partial charge is 0.417 e. The van der Waals surface area contributed by atoms with Crippen LogP contribution in [0.5, 0.6) is 5.88 Å². The fraction of sp³-hybridized carbons (Fsp3) is 0.600. The summed E-state index contributed by atoms with van der Waals surface area (Å²) >= 11 is 0. The van der Waals surface area contributed by atoms with E-state index in [4.69, 9.17) is 0 Å². The average molecular weight is 311 g/mol. The first kappa shape index (κ1) is 15.0. The van der Waals surface area contributed by atoms with Crippen LogP contribution in [0.15, 0.2) is 18.3 Å². The van der Waals surface area contributed by atoms with Crippen molar-refractivity contribution in [2.45, 2.75) is 51.3 Å². The number of alkyl halides is 2. The third-order valence-electron chi connectivity index (χ3n) is 4.47. The molecular formula is C15H19F2N3O2. The Morgan fingerprint density at radius 3 is 2.82 bits per heavy atom. The third kappa shape index (κ3) is 3.45. The number of urea groups is 1. The van der Waals surface area contributed by atoms with Crippen LogP contribution < -0.4 is 15.4 Å². The van der Waals surface area contributed by atoms with Gasteiger partial charge in [0.05, 0.1) is 6.04 Å². The van der Waals surface area contributed by atoms with Crippen molar-refractivity contribution >= 4 is 6.03 Å². The van der Waals surface area contributed by atoms with Crippen LogP contribution in [0, 0.1) is 5.41 Å². The number of carbonyl (C=O) groups excluding carboxylic acids is 1. The van der Waals surface area contributed by atoms with E-state index in [9.17, 15) is 13.6 Å². The Kier molecular flexibility index (Phi) is 3.88. The zero-order valence-corrected chi connectivity index (χ0v) is 12.3. The maximum atomic E-state index is 12.2. The van der Waals surface area contributed by atoms with E-state index < -0.39 is 6.61 Å². The van der Waals surface area contributed by atoms with Gasteiger partial charge in [-0.1, -0.05) is 0 Å². The molecule has 2 fully saturated rings. The van der Waals surface area contributed by atoms with Crippen LogP contribution in [0.1, 0.15) is 44.2 Å². The fourth-order valence-electron chi connectivity index (χ4n) is 3.03. The summed E-state index contributed by atoms with van der Waals surface area (Å²) in [5, 5.41) is 5.75. The Balaban J connectivity index is 1.50. The molecule has 1 aromatic rings. The summed E-state index contributed by atoms with van der Waals surface area (Å²) in [5.74, 6) is -0.156. The van der Waals surface area contributed by atoms with Gasteiger partial charge in [-0.15, -0.1) is 0 Å². The van der Waals surface area contributed by atoms with Crippen molar-refractivity contribution < 1.29 is 18.3 Å². The smallest absolute Gasteiger partial charge is 0.388 e. The van der Waals surface area contributed by atoms with Gasteiger partial charge in [0.1, 0.15) is 0 Å². The first-order chi connectivity index (χ1) is 10.5. The lowest BCUT2D eigenvalue weighted by Gasteiger charge is -2.36. The summed E-state index contributed by atoms with van der Waals surface area (Å²) in [5.41, 5.74) is 1.20. The number of pyridine rings is 1. The lowest BCUT2D eigenvalue weighted by molar-refractivity contribution is -0.0529. The molecule has 0 unspecified atom stereocenters. The Hall–Kier alpha value is -1.92. The maximum absolute atomic E-state index is 12.2. The number of amides is 2. The van der Waals surface area contributed by atoms with Gasteiger partial charge >= 0.3 is 12.6 Å². The number of hydrogen-bond acceptors (Lipinski definition) is 3. The van der Waals surface area contributed by atoms with Gasteiger partial charge in [0.2, 0.25) is 5.88 Å². The molecule has 2 aliphatic carbocycles. The SMILES string of the molecule is C[C@@H](NC(=O)NC1CC2(CC2)C1)c1ccnc(OC(F)F)c1. The summed E-state index contributed by atoms with van der Waals surface area (Å²) in [6.45, 7) is -1.13. The first-order valence-corrected chi connectivity index (χ1v) is 7.44. The zero-order chi connectivity index (χ0) is 15.7. The molecule has 1 spiro atoms. The zero-order valence-electron chi connectivity index (χ0n) is 12.3. The van der Waals surface area contributed by atoms with Crippen LogP contribution in [0.3, 0.4) is 0 Å². The van der Waals surface area contributed by atoms with Crippen molar-refractivity contribution in [1.29, 1.82) is 0 Å². The fourth-order valence-corrected chi connectivity index (χ4v) is 3.03. The molecule has 2 amide bonds. The molecule has 2 saturated carbocycles. The number of nitrogens with one attached hydrogen (secondary N) is 2. The highest BCUT2D eigenvalue weighted by atomic mass is 19.3. The highest BCUT2D eigenvalue weighted by molar-refractivity contribution is 5.75. The molecule has 2 aliphatic rings. The molecule has 7 heteroatoms. The molecule has 0 saturated heterocycles. The lowest BCUT2D eigenvalue weighted by Crippen LogP contribution is -2.49. The van der Waals surface area contributed by atoms with Crippen molar-refractivity contribution in [1.82, 2.24) is 15.6 Å². The van der Waals surface area contributed by atoms with Crippen LogP contribution in [0.2, 0.25) is 0 Å². The third-order valence-corrected chi connectivity index (χ3v) is 4.47. The van der Waals surface area contributed by atoms with E-state index in [0.717, 1.165) is 12.8 Å². The average Bonchev–Trinajstić information content (AvgIpc) is 3.18. The minimum absolute atomic E-state index is 0.156. The van der Waals surface area contributed by atoms with E-state index >= 15 is 0 Å². The predicted molar refractivity (Wildman–Crippen MR) is 75.6 cm³/mol. The second-order valence-corrected chi connectivity index (χ2v) is 6.25. The lowest BCUT2D eigenvalue weighted by atomic mass is 9.77. The van der Waals surface area contributed by atoms with Crippen molar-refractivity contribution in [2.75, 3.05) is 0 Å². The Morgan fingerprint density at radius 1 is 1.45 bits per heavy atom. The van der Waals surface area contributed by atoms with Gasteiger partial charge in [0.25, 0.3) is 0 Å². The number of aromatic nitrogens is 1. The van der Waals surface area contributed by atoms with Crippen molar-refractivity contribution in [3.05, 3.63) is 23.9 Å². The van der Waals surface area contributed by atoms with Gasteiger partial charge in [-0.2, -0.15) is 8.78 Å².